The summed E-state index contributed by atoms with van der Waals surface area (Å²) in [6.07, 6.45) is 3.26. The first-order valence-electron chi connectivity index (χ1n) is 5.71. The molecule has 0 fully saturated rings. The Kier molecular flexibility index (Phi) is 6.75. The summed E-state index contributed by atoms with van der Waals surface area (Å²) < 4.78 is 9.96. The second-order valence-corrected chi connectivity index (χ2v) is 3.64. The number of pyridine rings is 1. The molecule has 1 aromatic rings. The Bertz CT molecular complexity index is 338. The van der Waals surface area contributed by atoms with Gasteiger partial charge in [0.25, 0.3) is 0 Å². The van der Waals surface area contributed by atoms with Crippen LogP contribution in [0.3, 0.4) is 0 Å². The number of aromatic nitrogens is 1. The SMILES string of the molecule is COCCN(CCOC)C(=O)Nc1cccnc1. The minimum absolute atomic E-state index is 0.183. The van der Waals surface area contributed by atoms with Gasteiger partial charge in [-0.05, 0) is 12.1 Å². The molecule has 0 aromatic carbocycles. The second-order valence-electron chi connectivity index (χ2n) is 3.64. The van der Waals surface area contributed by atoms with Gasteiger partial charge in [-0.1, -0.05) is 0 Å². The minimum Gasteiger partial charge on any atom is -0.383 e. The number of rotatable bonds is 7. The zero-order chi connectivity index (χ0) is 13.2. The van der Waals surface area contributed by atoms with Crippen molar-refractivity contribution in [2.45, 2.75) is 0 Å². The van der Waals surface area contributed by atoms with Crippen LogP contribution in [0.4, 0.5) is 10.5 Å². The molecule has 6 nitrogen and oxygen atoms in total. The highest BCUT2D eigenvalue weighted by molar-refractivity contribution is 5.89. The molecule has 18 heavy (non-hydrogen) atoms. The maximum atomic E-state index is 12.0. The first-order chi connectivity index (χ1) is 8.77. The number of nitrogens with one attached hydrogen (secondary N) is 1. The topological polar surface area (TPSA) is 63.7 Å². The van der Waals surface area contributed by atoms with Crippen molar-refractivity contribution in [3.05, 3.63) is 24.5 Å². The fraction of sp³-hybridized carbons (Fsp3) is 0.500. The summed E-state index contributed by atoms with van der Waals surface area (Å²) in [6, 6.07) is 3.37. The van der Waals surface area contributed by atoms with Crippen molar-refractivity contribution < 1.29 is 14.3 Å². The predicted molar refractivity (Wildman–Crippen MR) is 68.6 cm³/mol. The van der Waals surface area contributed by atoms with Crippen molar-refractivity contribution in [2.75, 3.05) is 45.8 Å². The average molecular weight is 253 g/mol. The van der Waals surface area contributed by atoms with Crippen LogP contribution in [-0.4, -0.2) is 56.4 Å². The molecule has 0 radical (unpaired) electrons. The van der Waals surface area contributed by atoms with Gasteiger partial charge in [0.1, 0.15) is 0 Å². The van der Waals surface area contributed by atoms with E-state index in [-0.39, 0.29) is 6.03 Å². The first kappa shape index (κ1) is 14.4. The van der Waals surface area contributed by atoms with E-state index in [2.05, 4.69) is 10.3 Å². The van der Waals surface area contributed by atoms with Crippen molar-refractivity contribution in [1.29, 1.82) is 0 Å². The lowest BCUT2D eigenvalue weighted by molar-refractivity contribution is 0.127. The van der Waals surface area contributed by atoms with Crippen LogP contribution in [0.2, 0.25) is 0 Å². The van der Waals surface area contributed by atoms with Gasteiger partial charge in [0.15, 0.2) is 0 Å². The molecule has 100 valence electrons. The summed E-state index contributed by atoms with van der Waals surface area (Å²) in [5.74, 6) is 0. The summed E-state index contributed by atoms with van der Waals surface area (Å²) in [4.78, 5) is 17.6. The largest absolute Gasteiger partial charge is 0.383 e. The molecule has 1 heterocycles. The fourth-order valence-electron chi connectivity index (χ4n) is 1.36. The van der Waals surface area contributed by atoms with Gasteiger partial charge in [-0.25, -0.2) is 4.79 Å². The number of ether oxygens (including phenoxy) is 2. The van der Waals surface area contributed by atoms with Crippen LogP contribution < -0.4 is 5.32 Å². The van der Waals surface area contributed by atoms with Gasteiger partial charge in [0, 0.05) is 33.5 Å². The standard InChI is InChI=1S/C12H19N3O3/c1-17-8-6-15(7-9-18-2)12(16)14-11-4-3-5-13-10-11/h3-5,10H,6-9H2,1-2H3,(H,14,16). The zero-order valence-electron chi connectivity index (χ0n) is 10.8. The molecule has 1 N–H and O–H groups in total. The third-order valence-electron chi connectivity index (χ3n) is 2.33. The highest BCUT2D eigenvalue weighted by Gasteiger charge is 2.12. The molecular weight excluding hydrogens is 234 g/mol. The predicted octanol–water partition coefficient (Wildman–Crippen LogP) is 1.21. The second kappa shape index (κ2) is 8.43. The summed E-state index contributed by atoms with van der Waals surface area (Å²) >= 11 is 0. The normalized spacial score (nSPS) is 10.1. The lowest BCUT2D eigenvalue weighted by atomic mass is 10.4. The van der Waals surface area contributed by atoms with Crippen molar-refractivity contribution in [2.24, 2.45) is 0 Å². The van der Waals surface area contributed by atoms with E-state index >= 15 is 0 Å². The Hall–Kier alpha value is -1.66. The summed E-state index contributed by atoms with van der Waals surface area (Å²) in [5.41, 5.74) is 0.669. The van der Waals surface area contributed by atoms with Crippen LogP contribution in [0.15, 0.2) is 24.5 Å². The van der Waals surface area contributed by atoms with Crippen LogP contribution in [0, 0.1) is 0 Å². The van der Waals surface area contributed by atoms with Gasteiger partial charge in [-0.2, -0.15) is 0 Å². The molecule has 6 heteroatoms. The van der Waals surface area contributed by atoms with E-state index in [1.165, 1.54) is 0 Å². The van der Waals surface area contributed by atoms with Gasteiger partial charge in [-0.15, -0.1) is 0 Å². The fourth-order valence-corrected chi connectivity index (χ4v) is 1.36. The number of hydrogen-bond donors (Lipinski definition) is 1. The Labute approximate surface area is 107 Å². The molecule has 0 aliphatic carbocycles. The molecule has 0 spiro atoms. The number of methoxy groups -OCH3 is 2. The summed E-state index contributed by atoms with van der Waals surface area (Å²) in [5, 5.41) is 2.77. The highest BCUT2D eigenvalue weighted by atomic mass is 16.5. The Morgan fingerprint density at radius 1 is 1.33 bits per heavy atom. The van der Waals surface area contributed by atoms with E-state index < -0.39 is 0 Å². The Morgan fingerprint density at radius 2 is 2.00 bits per heavy atom. The number of nitrogens with zero attached hydrogens (tertiary/aromatic N) is 2. The van der Waals surface area contributed by atoms with Crippen LogP contribution in [-0.2, 0) is 9.47 Å². The third kappa shape index (κ3) is 5.11. The van der Waals surface area contributed by atoms with Crippen molar-refractivity contribution in [3.63, 3.8) is 0 Å². The van der Waals surface area contributed by atoms with Crippen molar-refractivity contribution in [3.8, 4) is 0 Å². The van der Waals surface area contributed by atoms with E-state index in [1.807, 2.05) is 0 Å². The van der Waals surface area contributed by atoms with Crippen LogP contribution in [0.5, 0.6) is 0 Å². The molecule has 0 saturated carbocycles. The van der Waals surface area contributed by atoms with E-state index in [9.17, 15) is 4.79 Å². The third-order valence-corrected chi connectivity index (χ3v) is 2.33. The van der Waals surface area contributed by atoms with E-state index in [0.29, 0.717) is 32.0 Å². The first-order valence-corrected chi connectivity index (χ1v) is 5.71. The Morgan fingerprint density at radius 3 is 2.50 bits per heavy atom. The summed E-state index contributed by atoms with van der Waals surface area (Å²) in [6.45, 7) is 2.02. The lowest BCUT2D eigenvalue weighted by Crippen LogP contribution is -2.39. The van der Waals surface area contributed by atoms with Gasteiger partial charge >= 0.3 is 6.03 Å². The molecule has 0 aliphatic heterocycles. The molecule has 1 rings (SSSR count). The zero-order valence-corrected chi connectivity index (χ0v) is 10.8. The quantitative estimate of drug-likeness (QED) is 0.793. The van der Waals surface area contributed by atoms with Crippen molar-refractivity contribution in [1.82, 2.24) is 9.88 Å². The summed E-state index contributed by atoms with van der Waals surface area (Å²) in [7, 11) is 3.21. The number of carbonyl (C=O) groups is 1. The smallest absolute Gasteiger partial charge is 0.322 e. The van der Waals surface area contributed by atoms with E-state index in [4.69, 9.17) is 9.47 Å². The minimum atomic E-state index is -0.183. The maximum Gasteiger partial charge on any atom is 0.322 e. The molecule has 0 bridgehead atoms. The van der Waals surface area contributed by atoms with Crippen molar-refractivity contribution >= 4 is 11.7 Å². The molecule has 1 aromatic heterocycles. The van der Waals surface area contributed by atoms with E-state index in [0.717, 1.165) is 0 Å². The lowest BCUT2D eigenvalue weighted by Gasteiger charge is -2.22. The number of hydrogen-bond acceptors (Lipinski definition) is 4. The van der Waals surface area contributed by atoms with Crippen LogP contribution in [0.25, 0.3) is 0 Å². The molecule has 0 saturated heterocycles. The molecule has 0 aliphatic rings. The monoisotopic (exact) mass is 253 g/mol. The number of amides is 2. The van der Waals surface area contributed by atoms with E-state index in [1.54, 1.807) is 43.6 Å². The molecule has 2 amide bonds. The Balaban J connectivity index is 2.52. The van der Waals surface area contributed by atoms with Gasteiger partial charge < -0.3 is 19.7 Å². The number of anilines is 1. The van der Waals surface area contributed by atoms with Crippen LogP contribution in [0.1, 0.15) is 0 Å². The average Bonchev–Trinajstić information content (AvgIpc) is 2.40. The van der Waals surface area contributed by atoms with Gasteiger partial charge in [0.05, 0.1) is 25.1 Å². The molecule has 0 unspecified atom stereocenters. The highest BCUT2D eigenvalue weighted by Crippen LogP contribution is 2.04. The number of carbonyl (C=O) groups excluding carboxylic acids is 1. The molecular formula is C12H19N3O3. The number of urea groups is 1. The van der Waals surface area contributed by atoms with Gasteiger partial charge in [-0.3, -0.25) is 4.98 Å². The van der Waals surface area contributed by atoms with Gasteiger partial charge in [0.2, 0.25) is 0 Å². The molecule has 0 atom stereocenters. The maximum absolute atomic E-state index is 12.0. The van der Waals surface area contributed by atoms with Crippen LogP contribution >= 0.6 is 0 Å².